The Morgan fingerprint density at radius 3 is 2.69 bits per heavy atom. The van der Waals surface area contributed by atoms with Gasteiger partial charge in [0, 0.05) is 11.5 Å². The minimum atomic E-state index is 0.222. The summed E-state index contributed by atoms with van der Waals surface area (Å²) in [6, 6.07) is 0. The molecule has 13 heavy (non-hydrogen) atoms. The average Bonchev–Trinajstić information content (AvgIpc) is 2.40. The summed E-state index contributed by atoms with van der Waals surface area (Å²) in [5, 5.41) is 8.93. The first-order valence-corrected chi connectivity index (χ1v) is 5.00. The standard InChI is InChI=1S/C11H14O2/c1-10-2-3-11(10)4-7(6-12)9(13)8(11)5-10/h6,8,12H,2-5H2,1H3/b7-6+/t8-,10+,11+/m0/s1. The fourth-order valence-corrected chi connectivity index (χ4v) is 3.82. The predicted molar refractivity (Wildman–Crippen MR) is 48.2 cm³/mol. The van der Waals surface area contributed by atoms with Crippen LogP contribution in [-0.4, -0.2) is 10.9 Å². The lowest BCUT2D eigenvalue weighted by Gasteiger charge is -2.68. The second-order valence-electron chi connectivity index (χ2n) is 5.17. The Bertz CT molecular complexity index is 331. The number of carbonyl (C=O) groups is 1. The monoisotopic (exact) mass is 178 g/mol. The molecule has 0 aromatic carbocycles. The first-order valence-electron chi connectivity index (χ1n) is 5.00. The molecule has 0 unspecified atom stereocenters. The third kappa shape index (κ3) is 0.560. The smallest absolute Gasteiger partial charge is 0.165 e. The van der Waals surface area contributed by atoms with Gasteiger partial charge in [-0.2, -0.15) is 0 Å². The summed E-state index contributed by atoms with van der Waals surface area (Å²) in [7, 11) is 0. The topological polar surface area (TPSA) is 37.3 Å². The lowest BCUT2D eigenvalue weighted by Crippen LogP contribution is -2.62. The second kappa shape index (κ2) is 1.84. The van der Waals surface area contributed by atoms with Crippen molar-refractivity contribution in [3.05, 3.63) is 11.8 Å². The van der Waals surface area contributed by atoms with E-state index >= 15 is 0 Å². The van der Waals surface area contributed by atoms with Gasteiger partial charge in [0.25, 0.3) is 0 Å². The predicted octanol–water partition coefficient (Wildman–Crippen LogP) is 2.21. The molecule has 0 amide bonds. The van der Waals surface area contributed by atoms with Crippen LogP contribution in [0, 0.1) is 16.7 Å². The third-order valence-electron chi connectivity index (χ3n) is 4.94. The first kappa shape index (κ1) is 7.60. The molecule has 3 atom stereocenters. The fraction of sp³-hybridized carbons (Fsp3) is 0.727. The van der Waals surface area contributed by atoms with Crippen LogP contribution >= 0.6 is 0 Å². The molecule has 0 bridgehead atoms. The molecule has 3 aliphatic rings. The van der Waals surface area contributed by atoms with Gasteiger partial charge in [-0.15, -0.1) is 0 Å². The van der Waals surface area contributed by atoms with E-state index < -0.39 is 0 Å². The van der Waals surface area contributed by atoms with E-state index in [0.29, 0.717) is 11.0 Å². The summed E-state index contributed by atoms with van der Waals surface area (Å²) >= 11 is 0. The second-order valence-corrected chi connectivity index (χ2v) is 5.17. The molecule has 0 saturated heterocycles. The molecule has 1 spiro atoms. The quantitative estimate of drug-likeness (QED) is 0.456. The van der Waals surface area contributed by atoms with Crippen molar-refractivity contribution in [1.29, 1.82) is 0 Å². The van der Waals surface area contributed by atoms with Crippen molar-refractivity contribution in [1.82, 2.24) is 0 Å². The summed E-state index contributed by atoms with van der Waals surface area (Å²) in [6.45, 7) is 2.29. The van der Waals surface area contributed by atoms with Crippen LogP contribution < -0.4 is 0 Å². The Morgan fingerprint density at radius 2 is 2.31 bits per heavy atom. The van der Waals surface area contributed by atoms with Crippen molar-refractivity contribution in [2.75, 3.05) is 0 Å². The Hall–Kier alpha value is -0.790. The van der Waals surface area contributed by atoms with Gasteiger partial charge in [-0.1, -0.05) is 6.92 Å². The highest BCUT2D eigenvalue weighted by Gasteiger charge is 2.73. The van der Waals surface area contributed by atoms with Crippen LogP contribution in [0.5, 0.6) is 0 Å². The highest BCUT2D eigenvalue weighted by atomic mass is 16.2. The molecule has 0 aromatic rings. The van der Waals surface area contributed by atoms with Crippen LogP contribution in [0.15, 0.2) is 11.8 Å². The number of ketones is 1. The van der Waals surface area contributed by atoms with Crippen LogP contribution in [0.2, 0.25) is 0 Å². The van der Waals surface area contributed by atoms with Gasteiger partial charge >= 0.3 is 0 Å². The molecular formula is C11H14O2. The van der Waals surface area contributed by atoms with Gasteiger partial charge < -0.3 is 5.11 Å². The van der Waals surface area contributed by atoms with Crippen molar-refractivity contribution in [2.24, 2.45) is 16.7 Å². The summed E-state index contributed by atoms with van der Waals surface area (Å²) in [5.41, 5.74) is 1.38. The van der Waals surface area contributed by atoms with Crippen molar-refractivity contribution in [2.45, 2.75) is 32.6 Å². The lowest BCUT2D eigenvalue weighted by atomic mass is 9.35. The van der Waals surface area contributed by atoms with E-state index in [1.54, 1.807) is 0 Å². The SMILES string of the molecule is C[C@]12CC[C@]13C/C(=C\O)C(=O)[C@@H]3C2. The van der Waals surface area contributed by atoms with Gasteiger partial charge in [0.05, 0.1) is 6.26 Å². The summed E-state index contributed by atoms with van der Waals surface area (Å²) in [5.74, 6) is 0.476. The summed E-state index contributed by atoms with van der Waals surface area (Å²) in [4.78, 5) is 11.7. The molecule has 0 radical (unpaired) electrons. The van der Waals surface area contributed by atoms with Gasteiger partial charge in [-0.05, 0) is 36.5 Å². The van der Waals surface area contributed by atoms with Crippen LogP contribution in [-0.2, 0) is 4.79 Å². The van der Waals surface area contributed by atoms with E-state index in [4.69, 9.17) is 5.11 Å². The van der Waals surface area contributed by atoms with Crippen LogP contribution in [0.4, 0.5) is 0 Å². The van der Waals surface area contributed by atoms with E-state index in [1.807, 2.05) is 0 Å². The number of hydrogen-bond acceptors (Lipinski definition) is 2. The summed E-state index contributed by atoms with van der Waals surface area (Å²) in [6.07, 6.45) is 5.40. The molecule has 1 N–H and O–H groups in total. The Labute approximate surface area is 77.6 Å². The molecule has 0 aromatic heterocycles. The number of hydrogen-bond donors (Lipinski definition) is 1. The Kier molecular flexibility index (Phi) is 1.07. The number of aliphatic hydroxyl groups excluding tert-OH is 1. The van der Waals surface area contributed by atoms with E-state index in [9.17, 15) is 4.79 Å². The van der Waals surface area contributed by atoms with E-state index in [-0.39, 0.29) is 17.1 Å². The number of carbonyl (C=O) groups excluding carboxylic acids is 1. The molecule has 0 heterocycles. The van der Waals surface area contributed by atoms with Crippen LogP contribution in [0.1, 0.15) is 32.6 Å². The minimum Gasteiger partial charge on any atom is -0.515 e. The van der Waals surface area contributed by atoms with Crippen molar-refractivity contribution in [3.8, 4) is 0 Å². The molecule has 2 nitrogen and oxygen atoms in total. The van der Waals surface area contributed by atoms with E-state index in [1.165, 1.54) is 12.8 Å². The molecule has 3 aliphatic carbocycles. The average molecular weight is 178 g/mol. The van der Waals surface area contributed by atoms with Crippen molar-refractivity contribution < 1.29 is 9.90 Å². The fourth-order valence-electron chi connectivity index (χ4n) is 3.82. The number of Topliss-reactive ketones (excluding diaryl/α,β-unsaturated/α-hetero) is 1. The zero-order valence-electron chi connectivity index (χ0n) is 7.84. The highest BCUT2D eigenvalue weighted by molar-refractivity contribution is 6.01. The van der Waals surface area contributed by atoms with Crippen molar-refractivity contribution in [3.63, 3.8) is 0 Å². The Morgan fingerprint density at radius 1 is 1.54 bits per heavy atom. The number of allylic oxidation sites excluding steroid dienone is 1. The molecule has 3 fully saturated rings. The zero-order chi connectivity index (χ0) is 9.27. The van der Waals surface area contributed by atoms with Gasteiger partial charge in [0.1, 0.15) is 0 Å². The minimum absolute atomic E-state index is 0.222. The van der Waals surface area contributed by atoms with Crippen molar-refractivity contribution >= 4 is 5.78 Å². The number of aliphatic hydroxyl groups is 1. The largest absolute Gasteiger partial charge is 0.515 e. The number of rotatable bonds is 0. The molecule has 2 heteroatoms. The van der Waals surface area contributed by atoms with Gasteiger partial charge in [-0.25, -0.2) is 0 Å². The molecule has 70 valence electrons. The zero-order valence-corrected chi connectivity index (χ0v) is 7.84. The summed E-state index contributed by atoms with van der Waals surface area (Å²) < 4.78 is 0. The third-order valence-corrected chi connectivity index (χ3v) is 4.94. The van der Waals surface area contributed by atoms with Gasteiger partial charge in [0.15, 0.2) is 5.78 Å². The van der Waals surface area contributed by atoms with Crippen LogP contribution in [0.25, 0.3) is 0 Å². The maximum Gasteiger partial charge on any atom is 0.165 e. The maximum absolute atomic E-state index is 11.7. The normalized spacial score (nSPS) is 55.3. The molecular weight excluding hydrogens is 164 g/mol. The van der Waals surface area contributed by atoms with Crippen LogP contribution in [0.3, 0.4) is 0 Å². The van der Waals surface area contributed by atoms with Gasteiger partial charge in [0.2, 0.25) is 0 Å². The molecule has 0 aliphatic heterocycles. The Balaban J connectivity index is 2.02. The lowest BCUT2D eigenvalue weighted by molar-refractivity contribution is -0.202. The van der Waals surface area contributed by atoms with E-state index in [0.717, 1.165) is 19.1 Å². The maximum atomic E-state index is 11.7. The van der Waals surface area contributed by atoms with Gasteiger partial charge in [-0.3, -0.25) is 4.79 Å². The molecule has 3 rings (SSSR count). The van der Waals surface area contributed by atoms with E-state index in [2.05, 4.69) is 6.92 Å². The first-order chi connectivity index (χ1) is 6.13. The molecule has 3 saturated carbocycles. The highest BCUT2D eigenvalue weighted by Crippen LogP contribution is 2.78.